The zero-order valence-electron chi connectivity index (χ0n) is 17.9. The Balaban J connectivity index is 1.76. The van der Waals surface area contributed by atoms with Gasteiger partial charge in [0.05, 0.1) is 5.56 Å². The molecular weight excluding hydrogens is 404 g/mol. The van der Waals surface area contributed by atoms with Gasteiger partial charge in [-0.3, -0.25) is 4.90 Å². The number of benzene rings is 2. The molecule has 0 aliphatic rings. The lowest BCUT2D eigenvalue weighted by Crippen LogP contribution is -2.26. The Hall–Kier alpha value is -2.60. The van der Waals surface area contributed by atoms with Crippen molar-refractivity contribution in [1.29, 1.82) is 0 Å². The maximum atomic E-state index is 13.6. The molecule has 0 radical (unpaired) electrons. The predicted octanol–water partition coefficient (Wildman–Crippen LogP) is 6.74. The van der Waals surface area contributed by atoms with E-state index in [9.17, 15) is 17.6 Å². The summed E-state index contributed by atoms with van der Waals surface area (Å²) in [6, 6.07) is 15.9. The van der Waals surface area contributed by atoms with Crippen LogP contribution in [0.1, 0.15) is 42.7 Å². The molecule has 0 saturated carbocycles. The molecule has 0 aliphatic heterocycles. The highest BCUT2D eigenvalue weighted by Gasteiger charge is 2.30. The van der Waals surface area contributed by atoms with E-state index in [-0.39, 0.29) is 5.82 Å². The van der Waals surface area contributed by atoms with Crippen molar-refractivity contribution in [2.75, 3.05) is 6.54 Å². The Morgan fingerprint density at radius 3 is 2.35 bits per heavy atom. The molecule has 0 N–H and O–H groups in total. The fourth-order valence-electron chi connectivity index (χ4n) is 3.57. The third-order valence-corrected chi connectivity index (χ3v) is 5.23. The third kappa shape index (κ3) is 6.96. The molecule has 2 nitrogen and oxygen atoms in total. The first-order valence-electron chi connectivity index (χ1n) is 10.5. The van der Waals surface area contributed by atoms with Crippen LogP contribution in [0.5, 0.6) is 0 Å². The van der Waals surface area contributed by atoms with E-state index < -0.39 is 11.7 Å². The molecule has 3 aromatic rings. The average Bonchev–Trinajstić information content (AvgIpc) is 3.12. The van der Waals surface area contributed by atoms with E-state index in [4.69, 9.17) is 0 Å². The molecule has 1 aromatic heterocycles. The average molecular weight is 433 g/mol. The molecule has 1 heterocycles. The van der Waals surface area contributed by atoms with Crippen LogP contribution in [-0.2, 0) is 25.8 Å². The summed E-state index contributed by atoms with van der Waals surface area (Å²) in [6.45, 7) is 6.79. The van der Waals surface area contributed by atoms with Crippen LogP contribution in [-0.4, -0.2) is 16.0 Å². The van der Waals surface area contributed by atoms with Crippen molar-refractivity contribution in [1.82, 2.24) is 9.47 Å². The predicted molar refractivity (Wildman–Crippen MR) is 115 cm³/mol. The van der Waals surface area contributed by atoms with Crippen LogP contribution in [0.25, 0.3) is 0 Å². The van der Waals surface area contributed by atoms with E-state index in [1.165, 1.54) is 18.2 Å². The summed E-state index contributed by atoms with van der Waals surface area (Å²) in [6.07, 6.45) is -1.46. The van der Waals surface area contributed by atoms with Gasteiger partial charge in [0.1, 0.15) is 5.82 Å². The Morgan fingerprint density at radius 1 is 0.903 bits per heavy atom. The number of aromatic nitrogens is 1. The van der Waals surface area contributed by atoms with Gasteiger partial charge >= 0.3 is 6.18 Å². The van der Waals surface area contributed by atoms with Crippen LogP contribution < -0.4 is 0 Å². The number of halogens is 4. The summed E-state index contributed by atoms with van der Waals surface area (Å²) in [7, 11) is 0. The lowest BCUT2D eigenvalue weighted by molar-refractivity contribution is -0.137. The van der Waals surface area contributed by atoms with E-state index in [0.29, 0.717) is 31.1 Å². The molecule has 0 spiro atoms. The van der Waals surface area contributed by atoms with Crippen molar-refractivity contribution in [3.05, 3.63) is 95.1 Å². The van der Waals surface area contributed by atoms with Crippen LogP contribution in [0.3, 0.4) is 0 Å². The number of nitrogens with zero attached hydrogens (tertiary/aromatic N) is 2. The van der Waals surface area contributed by atoms with Crippen molar-refractivity contribution in [2.45, 2.75) is 46.1 Å². The first-order valence-corrected chi connectivity index (χ1v) is 10.5. The maximum absolute atomic E-state index is 13.6. The van der Waals surface area contributed by atoms with Gasteiger partial charge in [0, 0.05) is 31.5 Å². The van der Waals surface area contributed by atoms with Gasteiger partial charge in [0.15, 0.2) is 0 Å². The third-order valence-electron chi connectivity index (χ3n) is 5.23. The van der Waals surface area contributed by atoms with Crippen molar-refractivity contribution in [2.24, 2.45) is 5.92 Å². The zero-order chi connectivity index (χ0) is 22.4. The Bertz CT molecular complexity index is 975. The quantitative estimate of drug-likeness (QED) is 0.340. The first-order chi connectivity index (χ1) is 14.7. The van der Waals surface area contributed by atoms with Gasteiger partial charge in [0.25, 0.3) is 0 Å². The number of hydrogen-bond donors (Lipinski definition) is 0. The highest BCUT2D eigenvalue weighted by atomic mass is 19.4. The molecule has 31 heavy (non-hydrogen) atoms. The number of hydrogen-bond acceptors (Lipinski definition) is 1. The second-order valence-corrected chi connectivity index (χ2v) is 8.35. The fraction of sp³-hybridized carbons (Fsp3) is 0.360. The standard InChI is InChI=1S/C25H28F4N2/c1-19(2)11-13-30(16-21-7-4-9-23(26)15-21)18-24-10-5-12-31(24)17-20-6-3-8-22(14-20)25(27,28)29/h3-10,12,14-15,19H,11,13,16-18H2,1-2H3. The highest BCUT2D eigenvalue weighted by Crippen LogP contribution is 2.29. The summed E-state index contributed by atoms with van der Waals surface area (Å²) < 4.78 is 54.7. The van der Waals surface area contributed by atoms with Crippen molar-refractivity contribution < 1.29 is 17.6 Å². The van der Waals surface area contributed by atoms with E-state index in [2.05, 4.69) is 18.7 Å². The van der Waals surface area contributed by atoms with Crippen molar-refractivity contribution >= 4 is 0 Å². The van der Waals surface area contributed by atoms with Gasteiger partial charge in [-0.15, -0.1) is 0 Å². The maximum Gasteiger partial charge on any atom is 0.416 e. The van der Waals surface area contributed by atoms with Crippen LogP contribution in [0.15, 0.2) is 66.9 Å². The second kappa shape index (κ2) is 10.1. The minimum Gasteiger partial charge on any atom is -0.346 e. The summed E-state index contributed by atoms with van der Waals surface area (Å²) in [5.74, 6) is 0.279. The second-order valence-electron chi connectivity index (χ2n) is 8.35. The molecular formula is C25H28F4N2. The molecule has 0 amide bonds. The lowest BCUT2D eigenvalue weighted by Gasteiger charge is -2.24. The molecule has 0 bridgehead atoms. The van der Waals surface area contributed by atoms with E-state index >= 15 is 0 Å². The molecule has 166 valence electrons. The van der Waals surface area contributed by atoms with Gasteiger partial charge in [0.2, 0.25) is 0 Å². The van der Waals surface area contributed by atoms with Gasteiger partial charge in [-0.1, -0.05) is 38.1 Å². The van der Waals surface area contributed by atoms with E-state index in [1.54, 1.807) is 18.2 Å². The van der Waals surface area contributed by atoms with Gasteiger partial charge in [-0.2, -0.15) is 13.2 Å². The largest absolute Gasteiger partial charge is 0.416 e. The molecule has 6 heteroatoms. The Kier molecular flexibility index (Phi) is 7.55. The monoisotopic (exact) mass is 432 g/mol. The van der Waals surface area contributed by atoms with E-state index in [1.807, 2.05) is 29.0 Å². The minimum atomic E-state index is -4.35. The molecule has 0 atom stereocenters. The lowest BCUT2D eigenvalue weighted by atomic mass is 10.1. The first kappa shape index (κ1) is 23.1. The fourth-order valence-corrected chi connectivity index (χ4v) is 3.57. The number of alkyl halides is 3. The molecule has 0 unspecified atom stereocenters. The molecule has 0 saturated heterocycles. The van der Waals surface area contributed by atoms with Gasteiger partial charge in [-0.05, 0) is 66.4 Å². The Morgan fingerprint density at radius 2 is 1.65 bits per heavy atom. The van der Waals surface area contributed by atoms with Gasteiger partial charge in [-0.25, -0.2) is 4.39 Å². The van der Waals surface area contributed by atoms with Crippen molar-refractivity contribution in [3.8, 4) is 0 Å². The normalized spacial score (nSPS) is 12.1. The molecule has 2 aromatic carbocycles. The molecule has 0 aliphatic carbocycles. The summed E-state index contributed by atoms with van der Waals surface area (Å²) in [5.41, 5.74) is 1.88. The van der Waals surface area contributed by atoms with Crippen LogP contribution in [0.2, 0.25) is 0 Å². The van der Waals surface area contributed by atoms with Crippen LogP contribution >= 0.6 is 0 Å². The molecule has 3 rings (SSSR count). The smallest absolute Gasteiger partial charge is 0.346 e. The SMILES string of the molecule is CC(C)CCN(Cc1cccc(F)c1)Cc1cccn1Cc1cccc(C(F)(F)F)c1. The topological polar surface area (TPSA) is 8.17 Å². The summed E-state index contributed by atoms with van der Waals surface area (Å²) in [5, 5.41) is 0. The summed E-state index contributed by atoms with van der Waals surface area (Å²) in [4.78, 5) is 2.26. The van der Waals surface area contributed by atoms with E-state index in [0.717, 1.165) is 30.3 Å². The Labute approximate surface area is 181 Å². The highest BCUT2D eigenvalue weighted by molar-refractivity contribution is 5.26. The zero-order valence-corrected chi connectivity index (χ0v) is 17.9. The minimum absolute atomic E-state index is 0.255. The number of rotatable bonds is 9. The van der Waals surface area contributed by atoms with Crippen LogP contribution in [0, 0.1) is 11.7 Å². The van der Waals surface area contributed by atoms with Crippen LogP contribution in [0.4, 0.5) is 17.6 Å². The van der Waals surface area contributed by atoms with Gasteiger partial charge < -0.3 is 4.57 Å². The summed E-state index contributed by atoms with van der Waals surface area (Å²) >= 11 is 0. The molecule has 0 fully saturated rings. The van der Waals surface area contributed by atoms with Crippen molar-refractivity contribution in [3.63, 3.8) is 0 Å².